The second kappa shape index (κ2) is 5.29. The van der Waals surface area contributed by atoms with E-state index in [4.69, 9.17) is 5.11 Å². The first kappa shape index (κ1) is 12.1. The lowest BCUT2D eigenvalue weighted by Gasteiger charge is -2.17. The molecular formula is C13H18N2O2. The van der Waals surface area contributed by atoms with E-state index in [1.807, 2.05) is 31.2 Å². The Morgan fingerprint density at radius 1 is 1.41 bits per heavy atom. The quantitative estimate of drug-likeness (QED) is 0.813. The van der Waals surface area contributed by atoms with Crippen LogP contribution in [0.3, 0.4) is 0 Å². The molecule has 0 bridgehead atoms. The Balaban J connectivity index is 2.10. The number of amides is 1. The molecule has 4 heteroatoms. The summed E-state index contributed by atoms with van der Waals surface area (Å²) in [5.74, 6) is 0.142. The molecule has 1 aromatic rings. The van der Waals surface area contributed by atoms with Gasteiger partial charge in [0.25, 0.3) is 0 Å². The van der Waals surface area contributed by atoms with Crippen molar-refractivity contribution in [3.05, 3.63) is 29.8 Å². The van der Waals surface area contributed by atoms with Gasteiger partial charge in [0.05, 0.1) is 12.6 Å². The molecule has 0 aromatic heterocycles. The number of nitrogens with zero attached hydrogens (tertiary/aromatic N) is 1. The van der Waals surface area contributed by atoms with Crippen LogP contribution in [0.1, 0.15) is 18.9 Å². The van der Waals surface area contributed by atoms with E-state index in [2.05, 4.69) is 5.32 Å². The molecule has 0 saturated carbocycles. The minimum atomic E-state index is -0.0440. The van der Waals surface area contributed by atoms with Gasteiger partial charge in [-0.25, -0.2) is 0 Å². The summed E-state index contributed by atoms with van der Waals surface area (Å²) in [6, 6.07) is 7.43. The van der Waals surface area contributed by atoms with Crippen molar-refractivity contribution in [1.29, 1.82) is 0 Å². The Hall–Kier alpha value is -1.39. The van der Waals surface area contributed by atoms with Crippen LogP contribution in [-0.2, 0) is 11.4 Å². The first-order valence-corrected chi connectivity index (χ1v) is 6.00. The number of benzene rings is 1. The van der Waals surface area contributed by atoms with Crippen LogP contribution in [0.5, 0.6) is 0 Å². The van der Waals surface area contributed by atoms with Crippen LogP contribution < -0.4 is 10.2 Å². The molecule has 0 radical (unpaired) electrons. The fourth-order valence-corrected chi connectivity index (χ4v) is 2.15. The topological polar surface area (TPSA) is 52.6 Å². The Kier molecular flexibility index (Phi) is 3.76. The van der Waals surface area contributed by atoms with E-state index in [0.717, 1.165) is 30.8 Å². The van der Waals surface area contributed by atoms with Crippen molar-refractivity contribution in [2.45, 2.75) is 26.0 Å². The zero-order chi connectivity index (χ0) is 12.3. The Morgan fingerprint density at radius 3 is 2.71 bits per heavy atom. The van der Waals surface area contributed by atoms with Crippen molar-refractivity contribution in [3.63, 3.8) is 0 Å². The molecule has 1 saturated heterocycles. The first-order valence-electron chi connectivity index (χ1n) is 6.00. The molecule has 0 spiro atoms. The normalized spacial score (nSPS) is 20.0. The van der Waals surface area contributed by atoms with Crippen LogP contribution in [0.2, 0.25) is 0 Å². The van der Waals surface area contributed by atoms with Gasteiger partial charge < -0.3 is 15.3 Å². The fraction of sp³-hybridized carbons (Fsp3) is 0.462. The van der Waals surface area contributed by atoms with Crippen molar-refractivity contribution in [3.8, 4) is 0 Å². The summed E-state index contributed by atoms with van der Waals surface area (Å²) in [6.45, 7) is 3.61. The van der Waals surface area contributed by atoms with E-state index in [9.17, 15) is 4.79 Å². The molecule has 1 aliphatic rings. The summed E-state index contributed by atoms with van der Waals surface area (Å²) in [4.78, 5) is 13.9. The lowest BCUT2D eigenvalue weighted by atomic mass is 10.2. The van der Waals surface area contributed by atoms with Crippen LogP contribution in [0.4, 0.5) is 5.69 Å². The maximum Gasteiger partial charge on any atom is 0.244 e. The predicted molar refractivity (Wildman–Crippen MR) is 66.8 cm³/mol. The Morgan fingerprint density at radius 2 is 2.12 bits per heavy atom. The third kappa shape index (κ3) is 2.48. The van der Waals surface area contributed by atoms with Crippen molar-refractivity contribution in [1.82, 2.24) is 5.32 Å². The third-order valence-corrected chi connectivity index (χ3v) is 3.09. The largest absolute Gasteiger partial charge is 0.392 e. The summed E-state index contributed by atoms with van der Waals surface area (Å²) < 4.78 is 0. The molecule has 17 heavy (non-hydrogen) atoms. The zero-order valence-electron chi connectivity index (χ0n) is 10.0. The number of carbonyl (C=O) groups is 1. The molecule has 2 rings (SSSR count). The van der Waals surface area contributed by atoms with E-state index >= 15 is 0 Å². The maximum atomic E-state index is 12.1. The van der Waals surface area contributed by atoms with Gasteiger partial charge in [-0.05, 0) is 30.7 Å². The minimum absolute atomic E-state index is 0.0360. The van der Waals surface area contributed by atoms with Crippen LogP contribution in [-0.4, -0.2) is 30.1 Å². The molecule has 4 nitrogen and oxygen atoms in total. The summed E-state index contributed by atoms with van der Waals surface area (Å²) in [6.07, 6.45) is 0.856. The van der Waals surface area contributed by atoms with Gasteiger partial charge in [-0.15, -0.1) is 0 Å². The summed E-state index contributed by atoms with van der Waals surface area (Å²) >= 11 is 0. The number of anilines is 1. The molecule has 1 aliphatic heterocycles. The second-order valence-electron chi connectivity index (χ2n) is 4.21. The van der Waals surface area contributed by atoms with Gasteiger partial charge in [0.1, 0.15) is 0 Å². The van der Waals surface area contributed by atoms with Crippen molar-refractivity contribution in [2.24, 2.45) is 0 Å². The van der Waals surface area contributed by atoms with Gasteiger partial charge in [0, 0.05) is 12.2 Å². The van der Waals surface area contributed by atoms with E-state index in [1.165, 1.54) is 0 Å². The van der Waals surface area contributed by atoms with Gasteiger partial charge in [-0.3, -0.25) is 4.79 Å². The number of hydrogen-bond acceptors (Lipinski definition) is 3. The van der Waals surface area contributed by atoms with Gasteiger partial charge >= 0.3 is 0 Å². The van der Waals surface area contributed by atoms with Crippen LogP contribution in [0.15, 0.2) is 24.3 Å². The third-order valence-electron chi connectivity index (χ3n) is 3.09. The standard InChI is InChI=1S/C13H18N2O2/c1-2-14-12-7-8-15(13(12)17)11-5-3-10(9-16)4-6-11/h3-6,12,14,16H,2,7-9H2,1H3. The number of aliphatic hydroxyl groups excluding tert-OH is 1. The number of rotatable bonds is 4. The fourth-order valence-electron chi connectivity index (χ4n) is 2.15. The lowest BCUT2D eigenvalue weighted by Crippen LogP contribution is -2.38. The van der Waals surface area contributed by atoms with E-state index in [0.29, 0.717) is 0 Å². The molecule has 1 atom stereocenters. The van der Waals surface area contributed by atoms with Crippen LogP contribution in [0, 0.1) is 0 Å². The number of hydrogen-bond donors (Lipinski definition) is 2. The molecule has 2 N–H and O–H groups in total. The van der Waals surface area contributed by atoms with Crippen LogP contribution >= 0.6 is 0 Å². The molecule has 92 valence electrons. The highest BCUT2D eigenvalue weighted by Gasteiger charge is 2.31. The summed E-state index contributed by atoms with van der Waals surface area (Å²) in [5.41, 5.74) is 1.77. The highest BCUT2D eigenvalue weighted by atomic mass is 16.3. The van der Waals surface area contributed by atoms with Crippen molar-refractivity contribution in [2.75, 3.05) is 18.0 Å². The second-order valence-corrected chi connectivity index (χ2v) is 4.21. The zero-order valence-corrected chi connectivity index (χ0v) is 10.0. The lowest BCUT2D eigenvalue weighted by molar-refractivity contribution is -0.118. The highest BCUT2D eigenvalue weighted by molar-refractivity contribution is 5.99. The van der Waals surface area contributed by atoms with Crippen molar-refractivity contribution < 1.29 is 9.90 Å². The molecule has 1 amide bonds. The highest BCUT2D eigenvalue weighted by Crippen LogP contribution is 2.22. The molecular weight excluding hydrogens is 216 g/mol. The smallest absolute Gasteiger partial charge is 0.244 e. The van der Waals surface area contributed by atoms with Gasteiger partial charge in [0.2, 0.25) is 5.91 Å². The number of likely N-dealkylation sites (N-methyl/N-ethyl adjacent to an activating group) is 1. The SMILES string of the molecule is CCNC1CCN(c2ccc(CO)cc2)C1=O. The number of carbonyl (C=O) groups excluding carboxylic acids is 1. The average molecular weight is 234 g/mol. The first-order chi connectivity index (χ1) is 8.26. The average Bonchev–Trinajstić information content (AvgIpc) is 2.72. The predicted octanol–water partition coefficient (Wildman–Crippen LogP) is 0.894. The Bertz CT molecular complexity index is 389. The summed E-state index contributed by atoms with van der Waals surface area (Å²) in [7, 11) is 0. The maximum absolute atomic E-state index is 12.1. The van der Waals surface area contributed by atoms with Crippen LogP contribution in [0.25, 0.3) is 0 Å². The van der Waals surface area contributed by atoms with Gasteiger partial charge in [-0.1, -0.05) is 19.1 Å². The van der Waals surface area contributed by atoms with Gasteiger partial charge in [-0.2, -0.15) is 0 Å². The minimum Gasteiger partial charge on any atom is -0.392 e. The monoisotopic (exact) mass is 234 g/mol. The molecule has 1 fully saturated rings. The van der Waals surface area contributed by atoms with E-state index in [-0.39, 0.29) is 18.6 Å². The van der Waals surface area contributed by atoms with Gasteiger partial charge in [0.15, 0.2) is 0 Å². The van der Waals surface area contributed by atoms with E-state index < -0.39 is 0 Å². The molecule has 1 heterocycles. The number of nitrogens with one attached hydrogen (secondary N) is 1. The molecule has 0 aliphatic carbocycles. The molecule has 1 unspecified atom stereocenters. The van der Waals surface area contributed by atoms with Crippen molar-refractivity contribution >= 4 is 11.6 Å². The number of aliphatic hydroxyl groups is 1. The Labute approximate surface area is 101 Å². The summed E-state index contributed by atoms with van der Waals surface area (Å²) in [5, 5.41) is 12.2. The van der Waals surface area contributed by atoms with E-state index in [1.54, 1.807) is 4.90 Å². The molecule has 1 aromatic carbocycles.